The maximum Gasteiger partial charge on any atom is 0.269 e. The Labute approximate surface area is 175 Å². The van der Waals surface area contributed by atoms with Crippen LogP contribution in [-0.4, -0.2) is 22.4 Å². The van der Waals surface area contributed by atoms with E-state index in [1.807, 2.05) is 0 Å². The average Bonchev–Trinajstić information content (AvgIpc) is 3.03. The summed E-state index contributed by atoms with van der Waals surface area (Å²) < 4.78 is 0. The Morgan fingerprint density at radius 3 is 2.63 bits per heavy atom. The number of non-ortho nitro benzene ring substituents is 1. The minimum absolute atomic E-state index is 0.0621. The molecule has 0 saturated heterocycles. The average molecular weight is 418 g/mol. The number of rotatable bonds is 5. The number of ketones is 1. The van der Waals surface area contributed by atoms with Gasteiger partial charge in [0, 0.05) is 28.8 Å². The fraction of sp³-hybridized carbons (Fsp3) is 0.0952. The van der Waals surface area contributed by atoms with E-state index in [1.54, 1.807) is 30.3 Å². The number of amides is 1. The molecule has 1 amide bonds. The van der Waals surface area contributed by atoms with E-state index in [1.165, 1.54) is 18.2 Å². The Kier molecular flexibility index (Phi) is 4.85. The fourth-order valence-electron chi connectivity index (χ4n) is 3.69. The monoisotopic (exact) mass is 418 g/mol. The molecule has 9 heteroatoms. The summed E-state index contributed by atoms with van der Waals surface area (Å²) in [5.74, 6) is -1.66. The second kappa shape index (κ2) is 7.50. The van der Waals surface area contributed by atoms with E-state index in [4.69, 9.17) is 5.73 Å². The van der Waals surface area contributed by atoms with Crippen molar-refractivity contribution in [2.45, 2.75) is 5.92 Å². The van der Waals surface area contributed by atoms with E-state index in [9.17, 15) is 25.0 Å². The number of nitrogens with one attached hydrogen (secondary N) is 1. The molecule has 148 valence electrons. The quantitative estimate of drug-likeness (QED) is 0.562. The van der Waals surface area contributed by atoms with Gasteiger partial charge < -0.3 is 11.1 Å². The van der Waals surface area contributed by atoms with Crippen LogP contribution in [0.5, 0.6) is 0 Å². The first-order valence-corrected chi connectivity index (χ1v) is 9.86. The number of nitro benzene ring substituents is 1. The van der Waals surface area contributed by atoms with Crippen LogP contribution in [-0.2, 0) is 4.79 Å². The topological polar surface area (TPSA) is 139 Å². The van der Waals surface area contributed by atoms with Crippen molar-refractivity contribution in [3.63, 3.8) is 0 Å². The number of carbonyl (C=O) groups is 2. The van der Waals surface area contributed by atoms with Gasteiger partial charge in [0.15, 0.2) is 5.78 Å². The number of dihydropyridines is 1. The van der Waals surface area contributed by atoms with Crippen molar-refractivity contribution in [1.82, 2.24) is 5.32 Å². The highest BCUT2D eigenvalue weighted by molar-refractivity contribution is 8.03. The van der Waals surface area contributed by atoms with E-state index in [0.717, 1.165) is 11.8 Å². The predicted molar refractivity (Wildman–Crippen MR) is 111 cm³/mol. The van der Waals surface area contributed by atoms with Gasteiger partial charge in [0.25, 0.3) is 5.69 Å². The first-order valence-electron chi connectivity index (χ1n) is 8.87. The third-order valence-electron chi connectivity index (χ3n) is 4.91. The van der Waals surface area contributed by atoms with Gasteiger partial charge in [-0.25, -0.2) is 0 Å². The summed E-state index contributed by atoms with van der Waals surface area (Å²) in [5, 5.41) is 24.7. The summed E-state index contributed by atoms with van der Waals surface area (Å²) >= 11 is 1.06. The van der Waals surface area contributed by atoms with Gasteiger partial charge >= 0.3 is 0 Å². The SMILES string of the molecule is N#CC1=C(SCC(N)=O)NC2=C(C(=O)c3ccccc32)C1c1cccc([N+](=O)[O-])c1. The first kappa shape index (κ1) is 19.4. The summed E-state index contributed by atoms with van der Waals surface area (Å²) in [6.07, 6.45) is 0. The van der Waals surface area contributed by atoms with Gasteiger partial charge in [-0.2, -0.15) is 5.26 Å². The standard InChI is InChI=1S/C21H14N4O4S/c22-9-15-17(11-4-3-5-12(8-11)25(28)29)18-19(24-21(15)30-10-16(23)26)13-6-1-2-7-14(13)20(18)27/h1-8,17,24H,10H2,(H2,23,26). The lowest BCUT2D eigenvalue weighted by Crippen LogP contribution is -2.25. The third kappa shape index (κ3) is 3.13. The molecule has 1 aliphatic heterocycles. The molecular formula is C21H14N4O4S. The van der Waals surface area contributed by atoms with Gasteiger partial charge in [0.1, 0.15) is 0 Å². The maximum absolute atomic E-state index is 13.2. The van der Waals surface area contributed by atoms with Crippen molar-refractivity contribution in [2.24, 2.45) is 5.73 Å². The van der Waals surface area contributed by atoms with Crippen LogP contribution >= 0.6 is 11.8 Å². The molecule has 30 heavy (non-hydrogen) atoms. The number of benzene rings is 2. The Bertz CT molecular complexity index is 1230. The van der Waals surface area contributed by atoms with E-state index in [-0.39, 0.29) is 22.8 Å². The van der Waals surface area contributed by atoms with Crippen molar-refractivity contribution in [1.29, 1.82) is 5.26 Å². The lowest BCUT2D eigenvalue weighted by molar-refractivity contribution is -0.384. The van der Waals surface area contributed by atoms with Crippen LogP contribution in [0, 0.1) is 21.4 Å². The minimum Gasteiger partial charge on any atom is -0.369 e. The molecule has 4 rings (SSSR count). The number of primary amides is 1. The number of allylic oxidation sites excluding steroid dienone is 2. The number of nitrogens with two attached hydrogens (primary N) is 1. The summed E-state index contributed by atoms with van der Waals surface area (Å²) in [7, 11) is 0. The zero-order chi connectivity index (χ0) is 21.4. The molecule has 3 N–H and O–H groups in total. The summed E-state index contributed by atoms with van der Waals surface area (Å²) in [6, 6.07) is 15.0. The Hall–Kier alpha value is -3.90. The number of Topliss-reactive ketones (excluding diaryl/α,β-unsaturated/α-hetero) is 1. The van der Waals surface area contributed by atoms with Crippen LogP contribution in [0.15, 0.2) is 64.7 Å². The molecule has 0 aromatic heterocycles. The van der Waals surface area contributed by atoms with E-state index in [2.05, 4.69) is 11.4 Å². The number of fused-ring (bicyclic) bond motifs is 2. The van der Waals surface area contributed by atoms with Gasteiger partial charge in [-0.05, 0) is 5.56 Å². The summed E-state index contributed by atoms with van der Waals surface area (Å²) in [5.41, 5.74) is 7.86. The molecule has 1 atom stereocenters. The third-order valence-corrected chi connectivity index (χ3v) is 5.95. The molecule has 0 saturated carbocycles. The van der Waals surface area contributed by atoms with E-state index in [0.29, 0.717) is 33.0 Å². The van der Waals surface area contributed by atoms with Gasteiger partial charge in [-0.3, -0.25) is 19.7 Å². The second-order valence-electron chi connectivity index (χ2n) is 6.68. The molecule has 2 aromatic carbocycles. The smallest absolute Gasteiger partial charge is 0.269 e. The number of nitrogens with zero attached hydrogens (tertiary/aromatic N) is 2. The van der Waals surface area contributed by atoms with Gasteiger partial charge in [-0.1, -0.05) is 48.2 Å². The van der Waals surface area contributed by atoms with Gasteiger partial charge in [-0.15, -0.1) is 0 Å². The molecule has 8 nitrogen and oxygen atoms in total. The number of nitro groups is 1. The van der Waals surface area contributed by atoms with Crippen LogP contribution < -0.4 is 11.1 Å². The van der Waals surface area contributed by atoms with Gasteiger partial charge in [0.2, 0.25) is 5.91 Å². The number of nitriles is 1. The Morgan fingerprint density at radius 2 is 1.97 bits per heavy atom. The van der Waals surface area contributed by atoms with E-state index < -0.39 is 16.7 Å². The highest BCUT2D eigenvalue weighted by atomic mass is 32.2. The van der Waals surface area contributed by atoms with Crippen molar-refractivity contribution < 1.29 is 14.5 Å². The summed E-state index contributed by atoms with van der Waals surface area (Å²) in [6.45, 7) is 0. The number of hydrogen-bond donors (Lipinski definition) is 2. The molecular weight excluding hydrogens is 404 g/mol. The zero-order valence-corrected chi connectivity index (χ0v) is 16.2. The Morgan fingerprint density at radius 1 is 1.23 bits per heavy atom. The van der Waals surface area contributed by atoms with Crippen LogP contribution in [0.2, 0.25) is 0 Å². The molecule has 0 spiro atoms. The van der Waals surface area contributed by atoms with Crippen LogP contribution in [0.4, 0.5) is 5.69 Å². The van der Waals surface area contributed by atoms with Crippen LogP contribution in [0.1, 0.15) is 27.4 Å². The van der Waals surface area contributed by atoms with Crippen LogP contribution in [0.3, 0.4) is 0 Å². The molecule has 0 radical (unpaired) electrons. The number of thioether (sulfide) groups is 1. The predicted octanol–water partition coefficient (Wildman–Crippen LogP) is 2.84. The maximum atomic E-state index is 13.2. The molecule has 1 unspecified atom stereocenters. The first-order chi connectivity index (χ1) is 14.4. The van der Waals surface area contributed by atoms with Crippen molar-refractivity contribution >= 4 is 34.8 Å². The summed E-state index contributed by atoms with van der Waals surface area (Å²) in [4.78, 5) is 35.3. The van der Waals surface area contributed by atoms with Crippen molar-refractivity contribution in [3.8, 4) is 6.07 Å². The second-order valence-corrected chi connectivity index (χ2v) is 7.67. The highest BCUT2D eigenvalue weighted by Crippen LogP contribution is 2.48. The zero-order valence-electron chi connectivity index (χ0n) is 15.4. The minimum atomic E-state index is -0.804. The number of hydrogen-bond acceptors (Lipinski definition) is 7. The van der Waals surface area contributed by atoms with Crippen molar-refractivity contribution in [2.75, 3.05) is 5.75 Å². The largest absolute Gasteiger partial charge is 0.369 e. The van der Waals surface area contributed by atoms with E-state index >= 15 is 0 Å². The normalized spacial score (nSPS) is 17.2. The lowest BCUT2D eigenvalue weighted by Gasteiger charge is -2.27. The molecule has 0 bridgehead atoms. The van der Waals surface area contributed by atoms with Gasteiger partial charge in [0.05, 0.1) is 39.0 Å². The molecule has 0 fully saturated rings. The molecule has 2 aromatic rings. The van der Waals surface area contributed by atoms with Crippen molar-refractivity contribution in [3.05, 3.63) is 91.5 Å². The fourth-order valence-corrected chi connectivity index (χ4v) is 4.47. The molecule has 1 aliphatic carbocycles. The molecule has 1 heterocycles. The Balaban J connectivity index is 1.93. The lowest BCUT2D eigenvalue weighted by atomic mass is 9.82. The highest BCUT2D eigenvalue weighted by Gasteiger charge is 2.41. The molecule has 2 aliphatic rings. The van der Waals surface area contributed by atoms with Crippen LogP contribution in [0.25, 0.3) is 5.70 Å². The number of carbonyl (C=O) groups excluding carboxylic acids is 2.